The third kappa shape index (κ3) is 76.1. The van der Waals surface area contributed by atoms with Gasteiger partial charge in [0.05, 0.1) is 32.8 Å². The molecular weight excluding hydrogens is 1380 g/mol. The molecule has 106 heavy (non-hydrogen) atoms. The molecule has 0 bridgehead atoms. The molecule has 17 nitrogen and oxygen atoms in total. The standard InChI is InChI=1S/C87H138O17P2/c1-5-9-13-17-21-25-29-33-36-38-40-42-45-48-51-55-59-63-67-71-84(89)97-77-82(103-86(91)73-69-65-61-57-53-47-32-28-24-20-16-12-8-4)79-101-105(93,94)99-75-81(88)76-100-106(95,96)102-80-83(104-87(92)74-70-66-62-58-54-50-44-35-31-27-23-19-15-11-7-3)78-98-85(90)72-68-64-60-56-52-49-46-43-41-39-37-34-30-26-22-18-14-10-6-2/h9-11,13-15,21-23,25-28,32-37,40-44,48,51,54,58-59,63,66,70,81-83,88H,5-8,12,16-20,24,29-31,38-39,45-47,49-50,52-53,55-57,60-62,64-65,67-69,71-80H2,1-4H3,(H,93,94)(H,95,96)/b13-9-,14-10-,15-11-,25-21-,26-22-,27-23-,32-28-,36-33-,37-34-,42-40-,43-41-,44-35-,51-48-,58-54-,63-59-,70-66-. The van der Waals surface area contributed by atoms with Gasteiger partial charge in [0.15, 0.2) is 12.2 Å². The third-order valence-corrected chi connectivity index (χ3v) is 17.5. The largest absolute Gasteiger partial charge is 0.472 e. The Balaban J connectivity index is 5.50. The van der Waals surface area contributed by atoms with Crippen LogP contribution in [-0.2, 0) is 65.4 Å². The molecule has 0 aromatic heterocycles. The zero-order valence-corrected chi connectivity index (χ0v) is 67.1. The molecule has 5 atom stereocenters. The molecule has 19 heteroatoms. The highest BCUT2D eigenvalue weighted by Gasteiger charge is 2.30. The Morgan fingerprint density at radius 2 is 0.547 bits per heavy atom. The Morgan fingerprint density at radius 3 is 0.906 bits per heavy atom. The van der Waals surface area contributed by atoms with E-state index in [1.54, 1.807) is 12.2 Å². The summed E-state index contributed by atoms with van der Waals surface area (Å²) in [6.07, 6.45) is 94.6. The van der Waals surface area contributed by atoms with Crippen LogP contribution < -0.4 is 0 Å². The van der Waals surface area contributed by atoms with Crippen molar-refractivity contribution in [2.45, 2.75) is 290 Å². The Bertz CT molecular complexity index is 2780. The first-order valence-electron chi connectivity index (χ1n) is 39.7. The summed E-state index contributed by atoms with van der Waals surface area (Å²) >= 11 is 0. The quantitative estimate of drug-likeness (QED) is 0.0169. The molecule has 3 N–H and O–H groups in total. The van der Waals surface area contributed by atoms with Gasteiger partial charge in [0, 0.05) is 19.3 Å². The van der Waals surface area contributed by atoms with Crippen LogP contribution in [0.5, 0.6) is 0 Å². The van der Waals surface area contributed by atoms with Crippen LogP contribution in [0.3, 0.4) is 0 Å². The Morgan fingerprint density at radius 1 is 0.283 bits per heavy atom. The summed E-state index contributed by atoms with van der Waals surface area (Å²) in [4.78, 5) is 72.9. The molecule has 0 aromatic rings. The van der Waals surface area contributed by atoms with Crippen molar-refractivity contribution in [1.29, 1.82) is 0 Å². The lowest BCUT2D eigenvalue weighted by Crippen LogP contribution is -2.30. The number of unbranched alkanes of at least 4 members (excludes halogenated alkanes) is 15. The van der Waals surface area contributed by atoms with E-state index in [0.29, 0.717) is 32.1 Å². The third-order valence-electron chi connectivity index (χ3n) is 15.6. The van der Waals surface area contributed by atoms with Gasteiger partial charge >= 0.3 is 39.5 Å². The average molecular weight is 1520 g/mol. The molecule has 598 valence electrons. The maximum Gasteiger partial charge on any atom is 0.472 e. The normalized spacial score (nSPS) is 14.9. The number of allylic oxidation sites excluding steroid dienone is 31. The van der Waals surface area contributed by atoms with Gasteiger partial charge in [-0.3, -0.25) is 37.3 Å². The number of ether oxygens (including phenoxy) is 4. The fourth-order valence-electron chi connectivity index (χ4n) is 9.66. The summed E-state index contributed by atoms with van der Waals surface area (Å²) in [6, 6.07) is 0. The van der Waals surface area contributed by atoms with Gasteiger partial charge in [0.2, 0.25) is 0 Å². The number of carbonyl (C=O) groups excluding carboxylic acids is 4. The molecule has 0 saturated carbocycles. The second kappa shape index (κ2) is 77.1. The van der Waals surface area contributed by atoms with E-state index in [0.717, 1.165) is 161 Å². The topological polar surface area (TPSA) is 237 Å². The van der Waals surface area contributed by atoms with E-state index in [4.69, 9.17) is 37.0 Å². The summed E-state index contributed by atoms with van der Waals surface area (Å²) in [5, 5.41) is 10.6. The summed E-state index contributed by atoms with van der Waals surface area (Å²) < 4.78 is 68.3. The van der Waals surface area contributed by atoms with Gasteiger partial charge in [-0.15, -0.1) is 0 Å². The second-order valence-corrected chi connectivity index (χ2v) is 28.4. The Labute approximate surface area is 640 Å². The minimum absolute atomic E-state index is 0.0256. The van der Waals surface area contributed by atoms with Gasteiger partial charge in [0.25, 0.3) is 0 Å². The van der Waals surface area contributed by atoms with E-state index >= 15 is 0 Å². The highest BCUT2D eigenvalue weighted by molar-refractivity contribution is 7.47. The molecular formula is C87H138O17P2. The van der Waals surface area contributed by atoms with Crippen LogP contribution in [0.4, 0.5) is 0 Å². The summed E-state index contributed by atoms with van der Waals surface area (Å²) in [5.41, 5.74) is 0. The van der Waals surface area contributed by atoms with Gasteiger partial charge in [-0.1, -0.05) is 286 Å². The monoisotopic (exact) mass is 1520 g/mol. The zero-order valence-electron chi connectivity index (χ0n) is 65.3. The molecule has 0 saturated heterocycles. The van der Waals surface area contributed by atoms with Gasteiger partial charge in [0.1, 0.15) is 19.3 Å². The Hall–Kier alpha value is -6.10. The average Bonchev–Trinajstić information content (AvgIpc) is 0.901. The SMILES string of the molecule is CC/C=C\C/C=C\C/C=C\C/C=C\C/C=C\C/C=C\CCC(=O)OCC(COP(=O)(O)OCC(O)COP(=O)(O)OCC(COC(=O)CCCCCCCC/C=C\C/C=C\C/C=C\C/C=C\CC)OC(=O)C/C=C\C/C=C\C/C=C\C/C=C\C/C=C\CC)OC(=O)CCCCCCC/C=C\CCCCCC. The zero-order chi connectivity index (χ0) is 77.4. The first kappa shape index (κ1) is 99.9. The van der Waals surface area contributed by atoms with Crippen LogP contribution in [0.2, 0.25) is 0 Å². The molecule has 0 spiro atoms. The number of esters is 4. The van der Waals surface area contributed by atoms with Crippen molar-refractivity contribution in [3.8, 4) is 0 Å². The van der Waals surface area contributed by atoms with Crippen molar-refractivity contribution in [2.24, 2.45) is 0 Å². The van der Waals surface area contributed by atoms with Gasteiger partial charge in [-0.2, -0.15) is 0 Å². The molecule has 0 aliphatic carbocycles. The number of aliphatic hydroxyl groups is 1. The minimum Gasteiger partial charge on any atom is -0.462 e. The second-order valence-electron chi connectivity index (χ2n) is 25.5. The van der Waals surface area contributed by atoms with Crippen molar-refractivity contribution in [1.82, 2.24) is 0 Å². The predicted octanol–water partition coefficient (Wildman–Crippen LogP) is 23.3. The van der Waals surface area contributed by atoms with E-state index in [-0.39, 0.29) is 25.7 Å². The van der Waals surface area contributed by atoms with Crippen molar-refractivity contribution in [2.75, 3.05) is 39.6 Å². The first-order chi connectivity index (χ1) is 51.7. The number of hydrogen-bond acceptors (Lipinski definition) is 15. The minimum atomic E-state index is -5.02. The van der Waals surface area contributed by atoms with Crippen molar-refractivity contribution >= 4 is 39.5 Å². The lowest BCUT2D eigenvalue weighted by atomic mass is 10.1. The smallest absolute Gasteiger partial charge is 0.462 e. The fourth-order valence-corrected chi connectivity index (χ4v) is 11.2. The summed E-state index contributed by atoms with van der Waals surface area (Å²) in [6.45, 7) is 4.26. The van der Waals surface area contributed by atoms with E-state index in [1.165, 1.54) is 25.7 Å². The van der Waals surface area contributed by atoms with Gasteiger partial charge < -0.3 is 33.8 Å². The Kier molecular flexibility index (Phi) is 72.6. The predicted molar refractivity (Wildman–Crippen MR) is 436 cm³/mol. The van der Waals surface area contributed by atoms with Crippen molar-refractivity contribution in [3.05, 3.63) is 194 Å². The molecule has 0 aliphatic heterocycles. The number of phosphoric ester groups is 2. The van der Waals surface area contributed by atoms with E-state index < -0.39 is 97.5 Å². The highest BCUT2D eigenvalue weighted by atomic mass is 31.2. The van der Waals surface area contributed by atoms with Crippen molar-refractivity contribution < 1.29 is 80.2 Å². The first-order valence-corrected chi connectivity index (χ1v) is 42.7. The van der Waals surface area contributed by atoms with E-state index in [9.17, 15) is 43.2 Å². The molecule has 5 unspecified atom stereocenters. The van der Waals surface area contributed by atoms with Crippen molar-refractivity contribution in [3.63, 3.8) is 0 Å². The van der Waals surface area contributed by atoms with Gasteiger partial charge in [-0.05, 0) is 154 Å². The molecule has 0 amide bonds. The molecule has 0 heterocycles. The fraction of sp³-hybridized carbons (Fsp3) is 0.586. The number of rotatable bonds is 72. The van der Waals surface area contributed by atoms with Crippen LogP contribution in [0.25, 0.3) is 0 Å². The molecule has 0 radical (unpaired) electrons. The van der Waals surface area contributed by atoms with Crippen LogP contribution in [0, 0.1) is 0 Å². The lowest BCUT2D eigenvalue weighted by molar-refractivity contribution is -0.161. The van der Waals surface area contributed by atoms with Gasteiger partial charge in [-0.25, -0.2) is 9.13 Å². The summed E-state index contributed by atoms with van der Waals surface area (Å²) in [7, 11) is -10.0. The molecule has 0 aromatic carbocycles. The molecule has 0 rings (SSSR count). The van der Waals surface area contributed by atoms with Crippen LogP contribution in [0.15, 0.2) is 194 Å². The van der Waals surface area contributed by atoms with E-state index in [2.05, 4.69) is 180 Å². The number of aliphatic hydroxyl groups excluding tert-OH is 1. The maximum atomic E-state index is 13.1. The van der Waals surface area contributed by atoms with Crippen LogP contribution in [0.1, 0.15) is 272 Å². The number of phosphoric acid groups is 2. The highest BCUT2D eigenvalue weighted by Crippen LogP contribution is 2.45. The van der Waals surface area contributed by atoms with Crippen LogP contribution in [-0.4, -0.2) is 96.7 Å². The molecule has 0 fully saturated rings. The van der Waals surface area contributed by atoms with E-state index in [1.807, 2.05) is 30.4 Å². The van der Waals surface area contributed by atoms with Crippen LogP contribution >= 0.6 is 15.6 Å². The summed E-state index contributed by atoms with van der Waals surface area (Å²) in [5.74, 6) is -2.47. The number of hydrogen-bond donors (Lipinski definition) is 3. The maximum absolute atomic E-state index is 13.1. The number of carbonyl (C=O) groups is 4. The molecule has 0 aliphatic rings. The lowest BCUT2D eigenvalue weighted by Gasteiger charge is -2.21.